The molecule has 0 spiro atoms. The average Bonchev–Trinajstić information content (AvgIpc) is 3.42. The van der Waals surface area contributed by atoms with Gasteiger partial charge in [-0.2, -0.15) is 0 Å². The molecule has 0 aliphatic heterocycles. The number of carbonyl (C=O) groups is 3. The van der Waals surface area contributed by atoms with Crippen LogP contribution in [0.15, 0.2) is 134 Å². The summed E-state index contributed by atoms with van der Waals surface area (Å²) in [7, 11) is 0. The smallest absolute Gasteiger partial charge is 0.306 e. The van der Waals surface area contributed by atoms with E-state index in [2.05, 4.69) is 154 Å². The SMILES string of the molecule is CC/C=C\C/C=C\C/C=C\C/C=C\C/C=C\C/C=C\C/C=C\C/C=C\C/C=C\CCCC(=O)OCC(COC(=O)CCCCCCC/C=C\CCC)OC(=O)CCCCCCCCCCC/C=C\CCCCCCCC. The Morgan fingerprint density at radius 2 is 0.553 bits per heavy atom. The Balaban J connectivity index is 4.39. The summed E-state index contributed by atoms with van der Waals surface area (Å²) in [5.74, 6) is -0.979. The Morgan fingerprint density at radius 1 is 0.276 bits per heavy atom. The van der Waals surface area contributed by atoms with Crippen LogP contribution in [0.2, 0.25) is 0 Å². The molecule has 0 aromatic rings. The summed E-state index contributed by atoms with van der Waals surface area (Å²) in [6, 6.07) is 0. The fraction of sp³-hybridized carbons (Fsp3) is 0.643. The molecule has 0 aromatic carbocycles. The second-order valence-electron chi connectivity index (χ2n) is 20.2. The van der Waals surface area contributed by atoms with Gasteiger partial charge < -0.3 is 14.2 Å². The summed E-state index contributed by atoms with van der Waals surface area (Å²) in [5.41, 5.74) is 0. The lowest BCUT2D eigenvalue weighted by molar-refractivity contribution is -0.167. The van der Waals surface area contributed by atoms with Gasteiger partial charge in [0.05, 0.1) is 0 Å². The summed E-state index contributed by atoms with van der Waals surface area (Å²) < 4.78 is 16.8. The van der Waals surface area contributed by atoms with Crippen LogP contribution in [0.25, 0.3) is 0 Å². The van der Waals surface area contributed by atoms with Crippen LogP contribution in [0, 0.1) is 0 Å². The summed E-state index contributed by atoms with van der Waals surface area (Å²) >= 11 is 0. The van der Waals surface area contributed by atoms with Crippen molar-refractivity contribution < 1.29 is 28.6 Å². The van der Waals surface area contributed by atoms with Crippen molar-refractivity contribution in [1.82, 2.24) is 0 Å². The highest BCUT2D eigenvalue weighted by atomic mass is 16.6. The summed E-state index contributed by atoms with van der Waals surface area (Å²) in [6.45, 7) is 6.40. The Hall–Kier alpha value is -4.45. The van der Waals surface area contributed by atoms with Crippen LogP contribution in [-0.2, 0) is 28.6 Å². The van der Waals surface area contributed by atoms with Crippen molar-refractivity contribution >= 4 is 17.9 Å². The molecule has 0 saturated carbocycles. The monoisotopic (exact) mass is 1050 g/mol. The van der Waals surface area contributed by atoms with Gasteiger partial charge in [-0.05, 0) is 128 Å². The lowest BCUT2D eigenvalue weighted by atomic mass is 10.1. The van der Waals surface area contributed by atoms with Gasteiger partial charge in [0, 0.05) is 19.3 Å². The van der Waals surface area contributed by atoms with E-state index in [1.165, 1.54) is 103 Å². The number of allylic oxidation sites excluding steroid dienone is 22. The van der Waals surface area contributed by atoms with Gasteiger partial charge in [0.15, 0.2) is 6.10 Å². The van der Waals surface area contributed by atoms with E-state index in [0.29, 0.717) is 19.3 Å². The molecule has 0 amide bonds. The minimum atomic E-state index is -0.810. The normalized spacial score (nSPS) is 13.0. The topological polar surface area (TPSA) is 78.9 Å². The lowest BCUT2D eigenvalue weighted by Gasteiger charge is -2.18. The molecule has 0 saturated heterocycles. The molecule has 0 fully saturated rings. The van der Waals surface area contributed by atoms with Crippen molar-refractivity contribution in [2.75, 3.05) is 13.2 Å². The highest BCUT2D eigenvalue weighted by Gasteiger charge is 2.19. The maximum absolute atomic E-state index is 12.9. The van der Waals surface area contributed by atoms with E-state index in [9.17, 15) is 14.4 Å². The minimum absolute atomic E-state index is 0.104. The van der Waals surface area contributed by atoms with Gasteiger partial charge >= 0.3 is 17.9 Å². The zero-order valence-corrected chi connectivity index (χ0v) is 49.2. The van der Waals surface area contributed by atoms with Crippen LogP contribution >= 0.6 is 0 Å². The van der Waals surface area contributed by atoms with Crippen LogP contribution in [-0.4, -0.2) is 37.2 Å². The quantitative estimate of drug-likeness (QED) is 0.0261. The van der Waals surface area contributed by atoms with E-state index in [-0.39, 0.29) is 37.5 Å². The Kier molecular flexibility index (Phi) is 59.4. The highest BCUT2D eigenvalue weighted by Crippen LogP contribution is 2.15. The number of esters is 3. The van der Waals surface area contributed by atoms with Crippen molar-refractivity contribution in [1.29, 1.82) is 0 Å². The second-order valence-corrected chi connectivity index (χ2v) is 20.2. The van der Waals surface area contributed by atoms with E-state index in [4.69, 9.17) is 14.2 Å². The number of carbonyl (C=O) groups excluding carboxylic acids is 3. The van der Waals surface area contributed by atoms with Crippen molar-refractivity contribution in [3.63, 3.8) is 0 Å². The van der Waals surface area contributed by atoms with E-state index in [1.54, 1.807) is 0 Å². The fourth-order valence-corrected chi connectivity index (χ4v) is 8.21. The molecule has 0 aliphatic rings. The molecule has 0 radical (unpaired) electrons. The van der Waals surface area contributed by atoms with Crippen LogP contribution < -0.4 is 0 Å². The molecule has 430 valence electrons. The Bertz CT molecular complexity index is 1630. The van der Waals surface area contributed by atoms with E-state index in [0.717, 1.165) is 122 Å². The first-order valence-electron chi connectivity index (χ1n) is 31.2. The first-order chi connectivity index (χ1) is 37.5. The first kappa shape index (κ1) is 71.5. The number of unbranched alkanes of at least 4 members (excludes halogenated alkanes) is 22. The van der Waals surface area contributed by atoms with Gasteiger partial charge in [0.2, 0.25) is 0 Å². The third-order valence-corrected chi connectivity index (χ3v) is 12.8. The lowest BCUT2D eigenvalue weighted by Crippen LogP contribution is -2.30. The zero-order chi connectivity index (χ0) is 55.0. The summed E-state index contributed by atoms with van der Waals surface area (Å²) in [6.07, 6.45) is 89.0. The Morgan fingerprint density at radius 3 is 0.921 bits per heavy atom. The molecular formula is C70H114O6. The standard InChI is InChI=1S/C70H114O6/c1-4-7-10-13-16-19-22-24-26-28-30-31-32-33-34-35-36-37-38-39-41-42-44-46-48-51-54-57-60-63-69(72)75-66-67(65-74-68(71)62-59-56-53-50-21-18-15-12-9-6-3)76-70(73)64-61-58-55-52-49-47-45-43-40-29-27-25-23-20-17-14-11-8-5-2/h7,10,12,15-16,19,24-27,30-31,33-34,36-37,39,41,44,46,51,54,67H,4-6,8-9,11,13-14,17-18,20-23,28-29,32,35,38,40,42-43,45,47-50,52-53,55-66H2,1-3H3/b10-7-,15-12-,19-16-,26-24-,27-25-,31-30-,34-33-,37-36-,41-39-,46-44-,54-51-. The van der Waals surface area contributed by atoms with Gasteiger partial charge in [0.25, 0.3) is 0 Å². The maximum Gasteiger partial charge on any atom is 0.306 e. The van der Waals surface area contributed by atoms with Crippen molar-refractivity contribution in [2.24, 2.45) is 0 Å². The van der Waals surface area contributed by atoms with Gasteiger partial charge in [0.1, 0.15) is 13.2 Å². The van der Waals surface area contributed by atoms with Gasteiger partial charge in [-0.3, -0.25) is 14.4 Å². The first-order valence-corrected chi connectivity index (χ1v) is 31.2. The molecule has 0 aliphatic carbocycles. The van der Waals surface area contributed by atoms with Crippen molar-refractivity contribution in [3.8, 4) is 0 Å². The molecule has 6 nitrogen and oxygen atoms in total. The molecule has 1 atom stereocenters. The summed E-state index contributed by atoms with van der Waals surface area (Å²) in [4.78, 5) is 38.1. The molecule has 1 unspecified atom stereocenters. The van der Waals surface area contributed by atoms with Crippen LogP contribution in [0.4, 0.5) is 0 Å². The summed E-state index contributed by atoms with van der Waals surface area (Å²) in [5, 5.41) is 0. The highest BCUT2D eigenvalue weighted by molar-refractivity contribution is 5.71. The predicted molar refractivity (Wildman–Crippen MR) is 329 cm³/mol. The molecule has 0 rings (SSSR count). The second kappa shape index (κ2) is 63.1. The number of rotatable bonds is 55. The number of hydrogen-bond acceptors (Lipinski definition) is 6. The Labute approximate surface area is 468 Å². The van der Waals surface area contributed by atoms with E-state index < -0.39 is 6.10 Å². The molecule has 76 heavy (non-hydrogen) atoms. The molecular weight excluding hydrogens is 937 g/mol. The van der Waals surface area contributed by atoms with Gasteiger partial charge in [-0.25, -0.2) is 0 Å². The van der Waals surface area contributed by atoms with Crippen LogP contribution in [0.5, 0.6) is 0 Å². The number of ether oxygens (including phenoxy) is 3. The predicted octanol–water partition coefficient (Wildman–Crippen LogP) is 21.4. The van der Waals surface area contributed by atoms with E-state index in [1.807, 2.05) is 0 Å². The molecule has 6 heteroatoms. The van der Waals surface area contributed by atoms with Crippen molar-refractivity contribution in [3.05, 3.63) is 134 Å². The molecule has 0 aromatic heterocycles. The number of hydrogen-bond donors (Lipinski definition) is 0. The maximum atomic E-state index is 12.9. The third-order valence-electron chi connectivity index (χ3n) is 12.8. The van der Waals surface area contributed by atoms with Crippen molar-refractivity contribution in [2.45, 2.75) is 277 Å². The van der Waals surface area contributed by atoms with E-state index >= 15 is 0 Å². The average molecular weight is 1050 g/mol. The minimum Gasteiger partial charge on any atom is -0.462 e. The molecule has 0 heterocycles. The van der Waals surface area contributed by atoms with Gasteiger partial charge in [-0.1, -0.05) is 257 Å². The fourth-order valence-electron chi connectivity index (χ4n) is 8.21. The van der Waals surface area contributed by atoms with Crippen LogP contribution in [0.3, 0.4) is 0 Å². The van der Waals surface area contributed by atoms with Crippen LogP contribution in [0.1, 0.15) is 271 Å². The molecule has 0 N–H and O–H groups in total. The zero-order valence-electron chi connectivity index (χ0n) is 49.2. The van der Waals surface area contributed by atoms with Gasteiger partial charge in [-0.15, -0.1) is 0 Å². The molecule has 0 bridgehead atoms. The largest absolute Gasteiger partial charge is 0.462 e. The third kappa shape index (κ3) is 60.4.